The highest BCUT2D eigenvalue weighted by Gasteiger charge is 2.25. The number of sulfone groups is 1. The normalized spacial score (nSPS) is 11.5. The van der Waals surface area contributed by atoms with E-state index in [1.807, 2.05) is 37.4 Å². The van der Waals surface area contributed by atoms with Crippen LogP contribution in [0.5, 0.6) is 0 Å². The minimum absolute atomic E-state index is 0.0188. The van der Waals surface area contributed by atoms with Crippen molar-refractivity contribution < 1.29 is 22.7 Å². The van der Waals surface area contributed by atoms with E-state index in [4.69, 9.17) is 4.42 Å². The largest absolute Gasteiger partial charge is 0.411 e. The standard InChI is InChI=1S/C16H10BrN5O3S.C16H9BrN4O4S2/c1-9-2-3-11(22(23)24)7-14(9)26-16-20-19-15(25-16)12-8-18-21-5-4-10(17)6-13(12)21;17-10-4-5-20-15(6-10)13(8-18-20)14-9-26-16(19-14)27(24,25)12-3-1-2-11(7-12)21(22)23/h2-8H,1H3;1-9H. The van der Waals surface area contributed by atoms with Gasteiger partial charge in [-0.15, -0.1) is 21.5 Å². The van der Waals surface area contributed by atoms with Crippen LogP contribution in [-0.2, 0) is 9.84 Å². The molecule has 0 N–H and O–H groups in total. The molecule has 8 rings (SSSR count). The summed E-state index contributed by atoms with van der Waals surface area (Å²) >= 11 is 8.98. The minimum atomic E-state index is -3.96. The van der Waals surface area contributed by atoms with Gasteiger partial charge in [-0.25, -0.2) is 22.4 Å². The number of nitro groups is 2. The number of thiazole rings is 1. The zero-order chi connectivity index (χ0) is 37.4. The van der Waals surface area contributed by atoms with Crippen molar-refractivity contribution in [3.05, 3.63) is 132 Å². The number of halogens is 2. The fourth-order valence-electron chi connectivity index (χ4n) is 4.91. The van der Waals surface area contributed by atoms with Gasteiger partial charge in [-0.2, -0.15) is 10.2 Å². The molecule has 266 valence electrons. The van der Waals surface area contributed by atoms with Gasteiger partial charge in [0.15, 0.2) is 0 Å². The van der Waals surface area contributed by atoms with Gasteiger partial charge in [-0.3, -0.25) is 20.2 Å². The van der Waals surface area contributed by atoms with Crippen molar-refractivity contribution in [3.8, 4) is 22.7 Å². The molecule has 0 radical (unpaired) electrons. The second kappa shape index (κ2) is 14.6. The average Bonchev–Trinajstić information content (AvgIpc) is 3.96. The van der Waals surface area contributed by atoms with Crippen LogP contribution in [0.3, 0.4) is 0 Å². The number of hydrogen-bond donors (Lipinski definition) is 0. The van der Waals surface area contributed by atoms with Gasteiger partial charge in [0, 0.05) is 61.4 Å². The SMILES string of the molecule is Cc1ccc([N+](=O)[O-])cc1Sc1nnc(-c2cnn3ccc(Br)cc23)o1.O=[N+]([O-])c1cccc(S(=O)(=O)c2nc(-c3cnn4ccc(Br)cc34)cs2)c1. The first-order valence-corrected chi connectivity index (χ1v) is 19.6. The molecule has 6 aromatic heterocycles. The summed E-state index contributed by atoms with van der Waals surface area (Å²) in [4.78, 5) is 25.6. The molecule has 0 aliphatic rings. The average molecular weight is 898 g/mol. The third-order valence-corrected chi connectivity index (χ3v) is 12.5. The topological polar surface area (TPSA) is 207 Å². The van der Waals surface area contributed by atoms with Crippen LogP contribution in [0, 0.1) is 27.2 Å². The van der Waals surface area contributed by atoms with E-state index in [0.717, 1.165) is 42.9 Å². The zero-order valence-electron chi connectivity index (χ0n) is 26.6. The Labute approximate surface area is 323 Å². The van der Waals surface area contributed by atoms with Crippen LogP contribution in [0.4, 0.5) is 11.4 Å². The lowest BCUT2D eigenvalue weighted by Gasteiger charge is -2.01. The Balaban J connectivity index is 0.000000164. The van der Waals surface area contributed by atoms with Crippen LogP contribution in [-0.4, -0.2) is 52.7 Å². The molecule has 53 heavy (non-hydrogen) atoms. The zero-order valence-corrected chi connectivity index (χ0v) is 32.2. The molecule has 2 aromatic carbocycles. The van der Waals surface area contributed by atoms with Crippen molar-refractivity contribution in [1.82, 2.24) is 34.4 Å². The smallest absolute Gasteiger partial charge is 0.281 e. The van der Waals surface area contributed by atoms with E-state index in [2.05, 4.69) is 57.2 Å². The van der Waals surface area contributed by atoms with Gasteiger partial charge >= 0.3 is 0 Å². The number of aromatic nitrogens is 7. The molecule has 6 heterocycles. The van der Waals surface area contributed by atoms with E-state index in [1.54, 1.807) is 39.1 Å². The summed E-state index contributed by atoms with van der Waals surface area (Å²) in [6.07, 6.45) is 6.86. The Bertz CT molecular complexity index is 2820. The third kappa shape index (κ3) is 7.46. The van der Waals surface area contributed by atoms with Crippen LogP contribution in [0.15, 0.2) is 130 Å². The summed E-state index contributed by atoms with van der Waals surface area (Å²) in [6.45, 7) is 1.87. The Morgan fingerprint density at radius 2 is 1.47 bits per heavy atom. The second-order valence-electron chi connectivity index (χ2n) is 10.9. The predicted molar refractivity (Wildman–Crippen MR) is 201 cm³/mol. The number of rotatable bonds is 8. The predicted octanol–water partition coefficient (Wildman–Crippen LogP) is 8.48. The molecule has 0 unspecified atom stereocenters. The van der Waals surface area contributed by atoms with Crippen LogP contribution < -0.4 is 0 Å². The number of benzene rings is 2. The highest BCUT2D eigenvalue weighted by Crippen LogP contribution is 2.35. The van der Waals surface area contributed by atoms with Crippen molar-refractivity contribution in [1.29, 1.82) is 0 Å². The van der Waals surface area contributed by atoms with E-state index in [-0.39, 0.29) is 20.6 Å². The van der Waals surface area contributed by atoms with Crippen LogP contribution in [0.2, 0.25) is 0 Å². The summed E-state index contributed by atoms with van der Waals surface area (Å²) in [7, 11) is -3.96. The quantitative estimate of drug-likeness (QED) is 0.104. The number of aryl methyl sites for hydroxylation is 1. The van der Waals surface area contributed by atoms with Gasteiger partial charge in [0.05, 0.1) is 49.4 Å². The molecule has 0 spiro atoms. The van der Waals surface area contributed by atoms with Crippen molar-refractivity contribution in [2.24, 2.45) is 0 Å². The maximum Gasteiger partial charge on any atom is 0.281 e. The molecular weight excluding hydrogens is 878 g/mol. The Hall–Kier alpha value is -5.35. The Morgan fingerprint density at radius 3 is 2.15 bits per heavy atom. The molecule has 0 amide bonds. The Kier molecular flexibility index (Phi) is 9.91. The number of hydrogen-bond acceptors (Lipinski definition) is 14. The summed E-state index contributed by atoms with van der Waals surface area (Å²) in [5, 5.41) is 40.4. The van der Waals surface area contributed by atoms with E-state index in [9.17, 15) is 28.6 Å². The van der Waals surface area contributed by atoms with Crippen LogP contribution in [0.25, 0.3) is 33.7 Å². The first kappa shape index (κ1) is 36.0. The highest BCUT2D eigenvalue weighted by molar-refractivity contribution is 9.10. The molecule has 0 fully saturated rings. The minimum Gasteiger partial charge on any atom is -0.411 e. The second-order valence-corrected chi connectivity index (χ2v) is 16.7. The number of fused-ring (bicyclic) bond motifs is 2. The van der Waals surface area contributed by atoms with E-state index in [1.165, 1.54) is 42.1 Å². The maximum absolute atomic E-state index is 12.8. The lowest BCUT2D eigenvalue weighted by atomic mass is 10.2. The molecule has 21 heteroatoms. The maximum atomic E-state index is 12.8. The lowest BCUT2D eigenvalue weighted by Crippen LogP contribution is -2.02. The highest BCUT2D eigenvalue weighted by atomic mass is 79.9. The Morgan fingerprint density at radius 1 is 0.830 bits per heavy atom. The fourth-order valence-corrected chi connectivity index (χ4v) is 8.81. The number of nitro benzene ring substituents is 2. The van der Waals surface area contributed by atoms with Gasteiger partial charge in [0.25, 0.3) is 22.5 Å². The van der Waals surface area contributed by atoms with E-state index < -0.39 is 19.7 Å². The molecule has 0 aliphatic carbocycles. The number of pyridine rings is 2. The first-order chi connectivity index (χ1) is 25.4. The van der Waals surface area contributed by atoms with Crippen molar-refractivity contribution >= 4 is 87.2 Å². The third-order valence-electron chi connectivity index (χ3n) is 7.51. The number of non-ortho nitro benzene ring substituents is 2. The van der Waals surface area contributed by atoms with Gasteiger partial charge in [-0.1, -0.05) is 44.0 Å². The van der Waals surface area contributed by atoms with E-state index >= 15 is 0 Å². The molecule has 0 saturated heterocycles. The monoisotopic (exact) mass is 895 g/mol. The molecule has 0 aliphatic heterocycles. The van der Waals surface area contributed by atoms with Crippen molar-refractivity contribution in [2.75, 3.05) is 0 Å². The van der Waals surface area contributed by atoms with Crippen molar-refractivity contribution in [3.63, 3.8) is 0 Å². The molecule has 0 bridgehead atoms. The summed E-state index contributed by atoms with van der Waals surface area (Å²) in [6, 6.07) is 17.1. The lowest BCUT2D eigenvalue weighted by molar-refractivity contribution is -0.385. The van der Waals surface area contributed by atoms with E-state index in [0.29, 0.717) is 32.8 Å². The molecule has 0 saturated carbocycles. The van der Waals surface area contributed by atoms with Gasteiger partial charge < -0.3 is 4.42 Å². The fraction of sp³-hybridized carbons (Fsp3) is 0.0312. The van der Waals surface area contributed by atoms with Crippen LogP contribution >= 0.6 is 55.0 Å². The van der Waals surface area contributed by atoms with Crippen LogP contribution in [0.1, 0.15) is 5.56 Å². The molecule has 16 nitrogen and oxygen atoms in total. The first-order valence-electron chi connectivity index (χ1n) is 14.9. The van der Waals surface area contributed by atoms with Crippen molar-refractivity contribution in [2.45, 2.75) is 26.3 Å². The van der Waals surface area contributed by atoms with Gasteiger partial charge in [0.1, 0.15) is 0 Å². The summed E-state index contributed by atoms with van der Waals surface area (Å²) in [5.41, 5.74) is 4.08. The number of nitrogens with zero attached hydrogens (tertiary/aromatic N) is 9. The summed E-state index contributed by atoms with van der Waals surface area (Å²) < 4.78 is 36.4. The summed E-state index contributed by atoms with van der Waals surface area (Å²) in [5.74, 6) is 0.337. The van der Waals surface area contributed by atoms with Gasteiger partial charge in [0.2, 0.25) is 14.2 Å². The van der Waals surface area contributed by atoms with Gasteiger partial charge in [-0.05, 0) is 54.6 Å². The molecule has 8 aromatic rings. The molecule has 0 atom stereocenters. The molecular formula is C32H19Br2N9O7S3.